The van der Waals surface area contributed by atoms with E-state index >= 15 is 0 Å². The quantitative estimate of drug-likeness (QED) is 0.844. The molecular weight excluding hydrogens is 286 g/mol. The highest BCUT2D eigenvalue weighted by atomic mass is 16.5. The lowest BCUT2D eigenvalue weighted by molar-refractivity contribution is -0.119. The van der Waals surface area contributed by atoms with Crippen LogP contribution in [0.1, 0.15) is 27.6 Å². The van der Waals surface area contributed by atoms with Gasteiger partial charge in [0.1, 0.15) is 0 Å². The summed E-state index contributed by atoms with van der Waals surface area (Å²) in [5.74, 6) is -1.13. The molecule has 116 valence electrons. The zero-order valence-electron chi connectivity index (χ0n) is 12.9. The topological polar surface area (TPSA) is 99.0 Å². The van der Waals surface area contributed by atoms with Crippen LogP contribution in [0.25, 0.3) is 0 Å². The number of aryl methyl sites for hydroxylation is 3. The van der Waals surface area contributed by atoms with Gasteiger partial charge in [-0.2, -0.15) is 5.10 Å². The molecule has 0 bridgehead atoms. The van der Waals surface area contributed by atoms with Crippen LogP contribution >= 0.6 is 0 Å². The highest BCUT2D eigenvalue weighted by Gasteiger charge is 2.15. The van der Waals surface area contributed by atoms with E-state index in [9.17, 15) is 9.59 Å². The van der Waals surface area contributed by atoms with Crippen LogP contribution in [0.5, 0.6) is 0 Å². The second-order valence-corrected chi connectivity index (χ2v) is 4.84. The number of amides is 1. The molecule has 0 fully saturated rings. The number of nitrogens with zero attached hydrogens (tertiary/aromatic N) is 4. The fraction of sp³-hybridized carbons (Fsp3) is 0.357. The normalized spacial score (nSPS) is 10.4. The van der Waals surface area contributed by atoms with E-state index in [1.54, 1.807) is 25.6 Å². The lowest BCUT2D eigenvalue weighted by Gasteiger charge is -2.06. The van der Waals surface area contributed by atoms with Gasteiger partial charge in [0.25, 0.3) is 5.91 Å². The summed E-state index contributed by atoms with van der Waals surface area (Å²) in [6.45, 7) is 4.98. The molecule has 0 unspecified atom stereocenters. The molecule has 0 aliphatic heterocycles. The van der Waals surface area contributed by atoms with Gasteiger partial charge in [0.15, 0.2) is 12.3 Å². The first-order chi connectivity index (χ1) is 10.4. The Hall–Kier alpha value is -2.77. The van der Waals surface area contributed by atoms with E-state index in [4.69, 9.17) is 4.74 Å². The van der Waals surface area contributed by atoms with Crippen LogP contribution in [0.3, 0.4) is 0 Å². The molecule has 0 spiro atoms. The monoisotopic (exact) mass is 303 g/mol. The fourth-order valence-electron chi connectivity index (χ4n) is 1.83. The summed E-state index contributed by atoms with van der Waals surface area (Å²) >= 11 is 0. The second-order valence-electron chi connectivity index (χ2n) is 4.84. The van der Waals surface area contributed by atoms with Gasteiger partial charge in [-0.3, -0.25) is 14.5 Å². The summed E-state index contributed by atoms with van der Waals surface area (Å²) in [6.07, 6.45) is 2.77. The first-order valence-electron chi connectivity index (χ1n) is 6.64. The summed E-state index contributed by atoms with van der Waals surface area (Å²) in [4.78, 5) is 31.4. The van der Waals surface area contributed by atoms with Crippen LogP contribution in [-0.4, -0.2) is 38.2 Å². The lowest BCUT2D eigenvalue weighted by Crippen LogP contribution is -2.22. The SMILES string of the molecule is Cc1cnc(C(=O)OCC(=O)Nc2c(C)nn(C)c2C)cn1. The zero-order chi connectivity index (χ0) is 16.3. The maximum absolute atomic E-state index is 11.9. The molecule has 0 saturated heterocycles. The molecule has 0 atom stereocenters. The van der Waals surface area contributed by atoms with Crippen molar-refractivity contribution >= 4 is 17.6 Å². The molecule has 8 nitrogen and oxygen atoms in total. The molecule has 0 aromatic carbocycles. The molecule has 22 heavy (non-hydrogen) atoms. The highest BCUT2D eigenvalue weighted by Crippen LogP contribution is 2.17. The largest absolute Gasteiger partial charge is 0.451 e. The molecule has 0 aliphatic carbocycles. The third-order valence-electron chi connectivity index (χ3n) is 3.10. The fourth-order valence-corrected chi connectivity index (χ4v) is 1.83. The summed E-state index contributed by atoms with van der Waals surface area (Å²) in [5.41, 5.74) is 2.90. The molecule has 0 saturated carbocycles. The van der Waals surface area contributed by atoms with E-state index in [1.165, 1.54) is 12.4 Å². The minimum absolute atomic E-state index is 0.0622. The number of carbonyl (C=O) groups excluding carboxylic acids is 2. The Bertz CT molecular complexity index is 706. The predicted molar refractivity (Wildman–Crippen MR) is 78.4 cm³/mol. The number of carbonyl (C=O) groups is 2. The maximum atomic E-state index is 11.9. The summed E-state index contributed by atoms with van der Waals surface area (Å²) < 4.78 is 6.57. The van der Waals surface area contributed by atoms with Crippen molar-refractivity contribution in [2.75, 3.05) is 11.9 Å². The van der Waals surface area contributed by atoms with Crippen LogP contribution in [-0.2, 0) is 16.6 Å². The van der Waals surface area contributed by atoms with Crippen LogP contribution in [0, 0.1) is 20.8 Å². The lowest BCUT2D eigenvalue weighted by atomic mass is 10.3. The summed E-state index contributed by atoms with van der Waals surface area (Å²) in [7, 11) is 1.79. The van der Waals surface area contributed by atoms with Gasteiger partial charge in [-0.25, -0.2) is 9.78 Å². The molecule has 0 aliphatic rings. The van der Waals surface area contributed by atoms with Gasteiger partial charge < -0.3 is 10.1 Å². The van der Waals surface area contributed by atoms with E-state index in [2.05, 4.69) is 20.4 Å². The highest BCUT2D eigenvalue weighted by molar-refractivity contribution is 5.95. The number of hydrogen-bond donors (Lipinski definition) is 1. The maximum Gasteiger partial charge on any atom is 0.359 e. The molecule has 1 amide bonds. The number of aromatic nitrogens is 4. The number of hydrogen-bond acceptors (Lipinski definition) is 6. The Labute approximate surface area is 127 Å². The Morgan fingerprint density at radius 3 is 2.50 bits per heavy atom. The number of nitrogens with one attached hydrogen (secondary N) is 1. The van der Waals surface area contributed by atoms with Crippen molar-refractivity contribution in [3.8, 4) is 0 Å². The summed E-state index contributed by atoms with van der Waals surface area (Å²) in [6, 6.07) is 0. The van der Waals surface area contributed by atoms with Gasteiger partial charge >= 0.3 is 5.97 Å². The average molecular weight is 303 g/mol. The smallest absolute Gasteiger partial charge is 0.359 e. The Morgan fingerprint density at radius 2 is 1.95 bits per heavy atom. The van der Waals surface area contributed by atoms with Crippen LogP contribution in [0.2, 0.25) is 0 Å². The molecule has 2 rings (SSSR count). The van der Waals surface area contributed by atoms with Crippen molar-refractivity contribution in [3.05, 3.63) is 35.2 Å². The minimum atomic E-state index is -0.692. The minimum Gasteiger partial charge on any atom is -0.451 e. The Balaban J connectivity index is 1.92. The van der Waals surface area contributed by atoms with E-state index in [0.717, 1.165) is 5.69 Å². The van der Waals surface area contributed by atoms with Gasteiger partial charge in [-0.1, -0.05) is 0 Å². The molecule has 1 N–H and O–H groups in total. The van der Waals surface area contributed by atoms with Crippen molar-refractivity contribution in [3.63, 3.8) is 0 Å². The van der Waals surface area contributed by atoms with Crippen LogP contribution < -0.4 is 5.32 Å². The van der Waals surface area contributed by atoms with Crippen molar-refractivity contribution in [2.45, 2.75) is 20.8 Å². The Morgan fingerprint density at radius 1 is 1.23 bits per heavy atom. The number of anilines is 1. The van der Waals surface area contributed by atoms with Gasteiger partial charge in [0, 0.05) is 13.2 Å². The first-order valence-corrected chi connectivity index (χ1v) is 6.64. The van der Waals surface area contributed by atoms with Crippen LogP contribution in [0.4, 0.5) is 5.69 Å². The number of esters is 1. The van der Waals surface area contributed by atoms with Gasteiger partial charge in [0.2, 0.25) is 0 Å². The molecular formula is C14H17N5O3. The average Bonchev–Trinajstić information content (AvgIpc) is 2.72. The number of rotatable bonds is 4. The van der Waals surface area contributed by atoms with E-state index in [-0.39, 0.29) is 5.69 Å². The van der Waals surface area contributed by atoms with Crippen molar-refractivity contribution in [1.82, 2.24) is 19.7 Å². The molecule has 2 heterocycles. The van der Waals surface area contributed by atoms with E-state index in [0.29, 0.717) is 17.1 Å². The van der Waals surface area contributed by atoms with Crippen molar-refractivity contribution < 1.29 is 14.3 Å². The van der Waals surface area contributed by atoms with E-state index in [1.807, 2.05) is 6.92 Å². The first kappa shape index (κ1) is 15.6. The second kappa shape index (κ2) is 6.33. The molecule has 8 heteroatoms. The molecule has 2 aromatic rings. The van der Waals surface area contributed by atoms with Gasteiger partial charge in [-0.15, -0.1) is 0 Å². The summed E-state index contributed by atoms with van der Waals surface area (Å²) in [5, 5.41) is 6.87. The van der Waals surface area contributed by atoms with Gasteiger partial charge in [0.05, 0.1) is 29.0 Å². The van der Waals surface area contributed by atoms with Crippen LogP contribution in [0.15, 0.2) is 12.4 Å². The predicted octanol–water partition coefficient (Wildman–Crippen LogP) is 0.931. The van der Waals surface area contributed by atoms with Gasteiger partial charge in [-0.05, 0) is 20.8 Å². The third-order valence-corrected chi connectivity index (χ3v) is 3.10. The molecule has 0 radical (unpaired) electrons. The standard InChI is InChI=1S/C14H17N5O3/c1-8-5-16-11(6-15-8)14(21)22-7-12(20)17-13-9(2)18-19(4)10(13)3/h5-6H,7H2,1-4H3,(H,17,20). The third kappa shape index (κ3) is 3.46. The zero-order valence-corrected chi connectivity index (χ0v) is 12.9. The van der Waals surface area contributed by atoms with Crippen molar-refractivity contribution in [2.24, 2.45) is 7.05 Å². The van der Waals surface area contributed by atoms with E-state index < -0.39 is 18.5 Å². The van der Waals surface area contributed by atoms with Crippen molar-refractivity contribution in [1.29, 1.82) is 0 Å². The Kier molecular flexibility index (Phi) is 4.50. The molecule has 2 aromatic heterocycles. The number of ether oxygens (including phenoxy) is 1.